The van der Waals surface area contributed by atoms with E-state index in [-0.39, 0.29) is 5.91 Å². The van der Waals surface area contributed by atoms with E-state index in [1.165, 1.54) is 19.3 Å². The standard InChI is InChI=1S/C15H23NO3/c1-10-5-4-6-11(10)9-16-14(17)12-7-2-3-8-13(12)15(18)19/h2-3,10-13H,4-9H2,1H3,(H,16,17)(H,18,19). The predicted molar refractivity (Wildman–Crippen MR) is 72.5 cm³/mol. The van der Waals surface area contributed by atoms with Gasteiger partial charge in [0.15, 0.2) is 0 Å². The molecule has 1 fully saturated rings. The molecule has 0 saturated heterocycles. The molecule has 2 aliphatic rings. The highest BCUT2D eigenvalue weighted by atomic mass is 16.4. The van der Waals surface area contributed by atoms with E-state index in [2.05, 4.69) is 12.2 Å². The van der Waals surface area contributed by atoms with Crippen LogP contribution >= 0.6 is 0 Å². The number of carboxylic acid groups (broad SMARTS) is 1. The zero-order chi connectivity index (χ0) is 13.8. The fourth-order valence-corrected chi connectivity index (χ4v) is 3.27. The summed E-state index contributed by atoms with van der Waals surface area (Å²) in [7, 11) is 0. The number of hydrogen-bond acceptors (Lipinski definition) is 2. The van der Waals surface area contributed by atoms with Crippen LogP contribution in [0.4, 0.5) is 0 Å². The Bertz CT molecular complexity index is 378. The van der Waals surface area contributed by atoms with Gasteiger partial charge in [-0.3, -0.25) is 9.59 Å². The molecule has 0 spiro atoms. The number of aliphatic carboxylic acids is 1. The maximum atomic E-state index is 12.2. The Hall–Kier alpha value is -1.32. The first-order valence-corrected chi connectivity index (χ1v) is 7.25. The summed E-state index contributed by atoms with van der Waals surface area (Å²) in [6, 6.07) is 0. The lowest BCUT2D eigenvalue weighted by Crippen LogP contribution is -2.40. The smallest absolute Gasteiger partial charge is 0.307 e. The van der Waals surface area contributed by atoms with Crippen LogP contribution in [0.1, 0.15) is 39.0 Å². The third-order valence-electron chi connectivity index (χ3n) is 4.66. The van der Waals surface area contributed by atoms with E-state index < -0.39 is 17.8 Å². The minimum absolute atomic E-state index is 0.0872. The van der Waals surface area contributed by atoms with Gasteiger partial charge < -0.3 is 10.4 Å². The highest BCUT2D eigenvalue weighted by Gasteiger charge is 2.34. The van der Waals surface area contributed by atoms with Crippen molar-refractivity contribution in [2.24, 2.45) is 23.7 Å². The van der Waals surface area contributed by atoms with E-state index >= 15 is 0 Å². The van der Waals surface area contributed by atoms with Gasteiger partial charge in [0.1, 0.15) is 0 Å². The fraction of sp³-hybridized carbons (Fsp3) is 0.733. The van der Waals surface area contributed by atoms with Crippen LogP contribution in [0.3, 0.4) is 0 Å². The first-order valence-electron chi connectivity index (χ1n) is 7.25. The molecule has 19 heavy (non-hydrogen) atoms. The summed E-state index contributed by atoms with van der Waals surface area (Å²) in [4.78, 5) is 23.3. The average Bonchev–Trinajstić information content (AvgIpc) is 2.81. The van der Waals surface area contributed by atoms with E-state index in [0.29, 0.717) is 31.2 Å². The van der Waals surface area contributed by atoms with Crippen molar-refractivity contribution in [3.8, 4) is 0 Å². The second-order valence-electron chi connectivity index (χ2n) is 5.91. The van der Waals surface area contributed by atoms with Crippen LogP contribution in [-0.4, -0.2) is 23.5 Å². The van der Waals surface area contributed by atoms with Crippen molar-refractivity contribution < 1.29 is 14.7 Å². The molecule has 0 aromatic carbocycles. The number of carbonyl (C=O) groups is 2. The Morgan fingerprint density at radius 1 is 1.21 bits per heavy atom. The summed E-state index contributed by atoms with van der Waals surface area (Å²) in [5.41, 5.74) is 0. The number of carboxylic acids is 1. The molecule has 1 saturated carbocycles. The van der Waals surface area contributed by atoms with E-state index in [1.807, 2.05) is 12.2 Å². The predicted octanol–water partition coefficient (Wildman–Crippen LogP) is 2.21. The van der Waals surface area contributed by atoms with Crippen molar-refractivity contribution in [1.82, 2.24) is 5.32 Å². The molecule has 0 aliphatic heterocycles. The van der Waals surface area contributed by atoms with Gasteiger partial charge >= 0.3 is 5.97 Å². The van der Waals surface area contributed by atoms with Crippen molar-refractivity contribution in [2.75, 3.05) is 6.54 Å². The van der Waals surface area contributed by atoms with Gasteiger partial charge in [-0.1, -0.05) is 31.9 Å². The molecule has 4 unspecified atom stereocenters. The number of nitrogens with one attached hydrogen (secondary N) is 1. The minimum Gasteiger partial charge on any atom is -0.481 e. The van der Waals surface area contributed by atoms with Gasteiger partial charge in [-0.05, 0) is 31.1 Å². The molecular weight excluding hydrogens is 242 g/mol. The summed E-state index contributed by atoms with van der Waals surface area (Å²) in [5, 5.41) is 12.1. The van der Waals surface area contributed by atoms with E-state index in [4.69, 9.17) is 5.11 Å². The molecular formula is C15H23NO3. The number of rotatable bonds is 4. The van der Waals surface area contributed by atoms with E-state index in [0.717, 1.165) is 0 Å². The number of allylic oxidation sites excluding steroid dienone is 2. The first kappa shape index (κ1) is 14.1. The molecule has 2 aliphatic carbocycles. The monoisotopic (exact) mass is 265 g/mol. The van der Waals surface area contributed by atoms with Gasteiger partial charge in [-0.25, -0.2) is 0 Å². The lowest BCUT2D eigenvalue weighted by Gasteiger charge is -2.25. The van der Waals surface area contributed by atoms with Gasteiger partial charge in [0.05, 0.1) is 11.8 Å². The third-order valence-corrected chi connectivity index (χ3v) is 4.66. The Kier molecular flexibility index (Phi) is 4.61. The van der Waals surface area contributed by atoms with Crippen LogP contribution in [0.25, 0.3) is 0 Å². The van der Waals surface area contributed by atoms with Crippen LogP contribution in [0, 0.1) is 23.7 Å². The molecule has 2 rings (SSSR count). The molecule has 0 heterocycles. The van der Waals surface area contributed by atoms with Crippen molar-refractivity contribution in [2.45, 2.75) is 39.0 Å². The van der Waals surface area contributed by atoms with Gasteiger partial charge in [-0.15, -0.1) is 0 Å². The second-order valence-corrected chi connectivity index (χ2v) is 5.91. The molecule has 0 bridgehead atoms. The molecule has 0 aromatic heterocycles. The van der Waals surface area contributed by atoms with E-state index in [9.17, 15) is 9.59 Å². The minimum atomic E-state index is -0.862. The summed E-state index contributed by atoms with van der Waals surface area (Å²) >= 11 is 0. The third kappa shape index (κ3) is 3.37. The number of hydrogen-bond donors (Lipinski definition) is 2. The van der Waals surface area contributed by atoms with Crippen LogP contribution in [0.2, 0.25) is 0 Å². The first-order chi connectivity index (χ1) is 9.09. The van der Waals surface area contributed by atoms with Crippen LogP contribution in [-0.2, 0) is 9.59 Å². The molecule has 0 aromatic rings. The maximum Gasteiger partial charge on any atom is 0.307 e. The average molecular weight is 265 g/mol. The Morgan fingerprint density at radius 3 is 2.47 bits per heavy atom. The Balaban J connectivity index is 1.87. The second kappa shape index (κ2) is 6.22. The summed E-state index contributed by atoms with van der Waals surface area (Å²) < 4.78 is 0. The Morgan fingerprint density at radius 2 is 1.89 bits per heavy atom. The maximum absolute atomic E-state index is 12.2. The number of amides is 1. The summed E-state index contributed by atoms with van der Waals surface area (Å²) in [6.45, 7) is 2.93. The van der Waals surface area contributed by atoms with Crippen LogP contribution < -0.4 is 5.32 Å². The molecule has 0 radical (unpaired) electrons. The normalized spacial score (nSPS) is 34.2. The topological polar surface area (TPSA) is 66.4 Å². The van der Waals surface area contributed by atoms with Crippen molar-refractivity contribution in [3.63, 3.8) is 0 Å². The quantitative estimate of drug-likeness (QED) is 0.766. The van der Waals surface area contributed by atoms with Gasteiger partial charge in [0, 0.05) is 6.54 Å². The molecule has 4 heteroatoms. The van der Waals surface area contributed by atoms with Gasteiger partial charge in [0.25, 0.3) is 0 Å². The largest absolute Gasteiger partial charge is 0.481 e. The SMILES string of the molecule is CC1CCCC1CNC(=O)C1CC=CCC1C(=O)O. The summed E-state index contributed by atoms with van der Waals surface area (Å²) in [5.74, 6) is -0.687. The molecule has 1 amide bonds. The molecule has 4 nitrogen and oxygen atoms in total. The number of carbonyl (C=O) groups excluding carboxylic acids is 1. The molecule has 106 valence electrons. The van der Waals surface area contributed by atoms with Crippen molar-refractivity contribution >= 4 is 11.9 Å². The van der Waals surface area contributed by atoms with Crippen molar-refractivity contribution in [3.05, 3.63) is 12.2 Å². The Labute approximate surface area is 114 Å². The fourth-order valence-electron chi connectivity index (χ4n) is 3.27. The molecule has 2 N–H and O–H groups in total. The highest BCUT2D eigenvalue weighted by Crippen LogP contribution is 2.31. The lowest BCUT2D eigenvalue weighted by molar-refractivity contribution is -0.147. The highest BCUT2D eigenvalue weighted by molar-refractivity contribution is 5.85. The van der Waals surface area contributed by atoms with E-state index in [1.54, 1.807) is 0 Å². The molecule has 4 atom stereocenters. The van der Waals surface area contributed by atoms with Crippen molar-refractivity contribution in [1.29, 1.82) is 0 Å². The van der Waals surface area contributed by atoms with Gasteiger partial charge in [0.2, 0.25) is 5.91 Å². The lowest BCUT2D eigenvalue weighted by atomic mass is 9.82. The van der Waals surface area contributed by atoms with Gasteiger partial charge in [-0.2, -0.15) is 0 Å². The zero-order valence-corrected chi connectivity index (χ0v) is 11.5. The zero-order valence-electron chi connectivity index (χ0n) is 11.5. The van der Waals surface area contributed by atoms with Crippen LogP contribution in [0.5, 0.6) is 0 Å². The van der Waals surface area contributed by atoms with Crippen LogP contribution in [0.15, 0.2) is 12.2 Å². The summed E-state index contributed by atoms with van der Waals surface area (Å²) in [6.07, 6.45) is 8.45.